The summed E-state index contributed by atoms with van der Waals surface area (Å²) in [6, 6.07) is 84.3. The van der Waals surface area contributed by atoms with E-state index in [-0.39, 0.29) is 0 Å². The maximum Gasteiger partial charge on any atom is 0.145 e. The van der Waals surface area contributed by atoms with Crippen LogP contribution in [0.25, 0.3) is 126 Å². The molecule has 292 valence electrons. The van der Waals surface area contributed by atoms with Crippen molar-refractivity contribution in [2.75, 3.05) is 0 Å². The van der Waals surface area contributed by atoms with Crippen LogP contribution in [-0.4, -0.2) is 9.55 Å². The minimum absolute atomic E-state index is 0.929. The molecule has 0 aliphatic carbocycles. The Morgan fingerprint density at radius 3 is 1.37 bits per heavy atom. The van der Waals surface area contributed by atoms with E-state index >= 15 is 0 Å². The summed E-state index contributed by atoms with van der Waals surface area (Å²) in [5.41, 5.74) is 11.6. The van der Waals surface area contributed by atoms with Crippen LogP contribution in [0.1, 0.15) is 0 Å². The SMILES string of the molecule is c1ccc(-c2nc3c4ccccc4c4ccccc4c3n2-c2ccc(-c3ccc4c(-c5ccc6ccccc6c5)c5ccccc5c(-c5ccc6ccccc6c5)c4c3)cc2)cc1. The monoisotopic (exact) mass is 798 g/mol. The quantitative estimate of drug-likeness (QED) is 0.125. The number of hydrogen-bond donors (Lipinski definition) is 0. The molecule has 2 nitrogen and oxygen atoms in total. The topological polar surface area (TPSA) is 17.8 Å². The fourth-order valence-corrected chi connectivity index (χ4v) is 10.2. The van der Waals surface area contributed by atoms with Gasteiger partial charge in [-0.15, -0.1) is 0 Å². The van der Waals surface area contributed by atoms with Crippen molar-refractivity contribution in [1.29, 1.82) is 0 Å². The minimum atomic E-state index is 0.929. The summed E-state index contributed by atoms with van der Waals surface area (Å²) in [6.07, 6.45) is 0. The van der Waals surface area contributed by atoms with E-state index in [1.54, 1.807) is 0 Å². The highest BCUT2D eigenvalue weighted by Gasteiger charge is 2.21. The van der Waals surface area contributed by atoms with Gasteiger partial charge in [-0.05, 0) is 118 Å². The second-order valence-electron chi connectivity index (χ2n) is 16.7. The standard InChI is InChI=1S/C61H38N2/c1-2-16-42(17-3-1)61-62-59-54-24-12-8-20-49(54)50-21-9-13-25-55(50)60(59)63(61)48-33-30-41(31-34-48)45-32-35-53-56(38-45)58(47-29-27-40-15-5-7-19-44(40)37-47)52-23-11-10-22-51(52)57(53)46-28-26-39-14-4-6-18-43(39)36-46/h1-38H. The van der Waals surface area contributed by atoms with Gasteiger partial charge in [-0.1, -0.05) is 200 Å². The van der Waals surface area contributed by atoms with Crippen molar-refractivity contribution in [3.8, 4) is 50.5 Å². The van der Waals surface area contributed by atoms with Crippen molar-refractivity contribution in [1.82, 2.24) is 9.55 Å². The summed E-state index contributed by atoms with van der Waals surface area (Å²) in [7, 11) is 0. The average molecular weight is 799 g/mol. The largest absolute Gasteiger partial charge is 0.292 e. The van der Waals surface area contributed by atoms with E-state index in [1.807, 2.05) is 0 Å². The lowest BCUT2D eigenvalue weighted by Crippen LogP contribution is -1.98. The molecule has 2 heteroatoms. The molecule has 1 heterocycles. The van der Waals surface area contributed by atoms with Gasteiger partial charge >= 0.3 is 0 Å². The molecule has 0 atom stereocenters. The van der Waals surface area contributed by atoms with Crippen LogP contribution in [0.5, 0.6) is 0 Å². The molecule has 0 aliphatic rings. The first-order valence-electron chi connectivity index (χ1n) is 21.7. The number of aromatic nitrogens is 2. The summed E-state index contributed by atoms with van der Waals surface area (Å²) in [4.78, 5) is 5.45. The molecule has 0 spiro atoms. The van der Waals surface area contributed by atoms with Crippen LogP contribution in [0.3, 0.4) is 0 Å². The van der Waals surface area contributed by atoms with Gasteiger partial charge in [0.25, 0.3) is 0 Å². The Morgan fingerprint density at radius 2 is 0.730 bits per heavy atom. The number of hydrogen-bond acceptors (Lipinski definition) is 1. The van der Waals surface area contributed by atoms with Crippen LogP contribution in [0.4, 0.5) is 0 Å². The second-order valence-corrected chi connectivity index (χ2v) is 16.7. The Balaban J connectivity index is 1.04. The fourth-order valence-electron chi connectivity index (χ4n) is 10.2. The molecule has 0 saturated heterocycles. The predicted molar refractivity (Wildman–Crippen MR) is 268 cm³/mol. The van der Waals surface area contributed by atoms with Gasteiger partial charge in [0, 0.05) is 22.0 Å². The number of benzene rings is 12. The highest BCUT2D eigenvalue weighted by Crippen LogP contribution is 2.46. The zero-order valence-corrected chi connectivity index (χ0v) is 34.3. The second kappa shape index (κ2) is 14.1. The summed E-state index contributed by atoms with van der Waals surface area (Å²) in [6.45, 7) is 0. The van der Waals surface area contributed by atoms with Gasteiger partial charge in [0.05, 0.1) is 11.0 Å². The Morgan fingerprint density at radius 1 is 0.270 bits per heavy atom. The molecule has 0 unspecified atom stereocenters. The van der Waals surface area contributed by atoms with E-state index in [0.29, 0.717) is 0 Å². The molecule has 0 aliphatic heterocycles. The molecule has 13 aromatic rings. The van der Waals surface area contributed by atoms with Gasteiger partial charge < -0.3 is 0 Å². The molecular weight excluding hydrogens is 761 g/mol. The highest BCUT2D eigenvalue weighted by atomic mass is 15.1. The van der Waals surface area contributed by atoms with Gasteiger partial charge in [-0.2, -0.15) is 0 Å². The van der Waals surface area contributed by atoms with Crippen molar-refractivity contribution in [3.05, 3.63) is 231 Å². The van der Waals surface area contributed by atoms with Crippen molar-refractivity contribution in [2.24, 2.45) is 0 Å². The van der Waals surface area contributed by atoms with Crippen LogP contribution in [0, 0.1) is 0 Å². The van der Waals surface area contributed by atoms with E-state index in [4.69, 9.17) is 4.98 Å². The van der Waals surface area contributed by atoms with Crippen molar-refractivity contribution < 1.29 is 0 Å². The van der Waals surface area contributed by atoms with Crippen LogP contribution in [0.2, 0.25) is 0 Å². The van der Waals surface area contributed by atoms with Crippen LogP contribution in [-0.2, 0) is 0 Å². The zero-order chi connectivity index (χ0) is 41.4. The smallest absolute Gasteiger partial charge is 0.145 e. The lowest BCUT2D eigenvalue weighted by molar-refractivity contribution is 1.11. The Bertz CT molecular complexity index is 3950. The third kappa shape index (κ3) is 5.62. The normalized spacial score (nSPS) is 11.8. The lowest BCUT2D eigenvalue weighted by Gasteiger charge is -2.19. The molecule has 0 saturated carbocycles. The summed E-state index contributed by atoms with van der Waals surface area (Å²) in [5, 5.41) is 14.7. The van der Waals surface area contributed by atoms with Crippen LogP contribution >= 0.6 is 0 Å². The summed E-state index contributed by atoms with van der Waals surface area (Å²) in [5.74, 6) is 0.929. The molecule has 0 radical (unpaired) electrons. The number of imidazole rings is 1. The maximum atomic E-state index is 5.45. The maximum absolute atomic E-state index is 5.45. The molecular formula is C61H38N2. The molecule has 0 fully saturated rings. The third-order valence-electron chi connectivity index (χ3n) is 13.1. The Labute approximate surface area is 364 Å². The molecule has 12 aromatic carbocycles. The van der Waals surface area contributed by atoms with E-state index in [0.717, 1.165) is 39.1 Å². The average Bonchev–Trinajstić information content (AvgIpc) is 3.77. The van der Waals surface area contributed by atoms with Crippen molar-refractivity contribution >= 4 is 75.7 Å². The van der Waals surface area contributed by atoms with Gasteiger partial charge in [0.1, 0.15) is 5.82 Å². The van der Waals surface area contributed by atoms with Gasteiger partial charge in [-0.25, -0.2) is 4.98 Å². The van der Waals surface area contributed by atoms with E-state index < -0.39 is 0 Å². The summed E-state index contributed by atoms with van der Waals surface area (Å²) >= 11 is 0. The molecule has 0 amide bonds. The van der Waals surface area contributed by atoms with E-state index in [1.165, 1.54) is 87.1 Å². The Kier molecular flexibility index (Phi) is 7.94. The molecule has 13 rings (SSSR count). The summed E-state index contributed by atoms with van der Waals surface area (Å²) < 4.78 is 2.36. The lowest BCUT2D eigenvalue weighted by atomic mass is 9.84. The molecule has 0 N–H and O–H groups in total. The first-order chi connectivity index (χ1) is 31.2. The molecule has 1 aromatic heterocycles. The third-order valence-corrected chi connectivity index (χ3v) is 13.1. The number of rotatable bonds is 5. The van der Waals surface area contributed by atoms with Crippen molar-refractivity contribution in [2.45, 2.75) is 0 Å². The zero-order valence-electron chi connectivity index (χ0n) is 34.3. The number of fused-ring (bicyclic) bond motifs is 10. The minimum Gasteiger partial charge on any atom is -0.292 e. The van der Waals surface area contributed by atoms with E-state index in [9.17, 15) is 0 Å². The Hall–Kier alpha value is -8.33. The van der Waals surface area contributed by atoms with Crippen LogP contribution in [0.15, 0.2) is 231 Å². The molecule has 0 bridgehead atoms. The van der Waals surface area contributed by atoms with Crippen LogP contribution < -0.4 is 0 Å². The van der Waals surface area contributed by atoms with Gasteiger partial charge in [-0.3, -0.25) is 4.57 Å². The van der Waals surface area contributed by atoms with E-state index in [2.05, 4.69) is 235 Å². The molecule has 63 heavy (non-hydrogen) atoms. The predicted octanol–water partition coefficient (Wildman–Crippen LogP) is 16.6. The fraction of sp³-hybridized carbons (Fsp3) is 0. The highest BCUT2D eigenvalue weighted by molar-refractivity contribution is 6.25. The first-order valence-corrected chi connectivity index (χ1v) is 21.7. The van der Waals surface area contributed by atoms with Gasteiger partial charge in [0.2, 0.25) is 0 Å². The first kappa shape index (κ1) is 35.4. The van der Waals surface area contributed by atoms with Crippen molar-refractivity contribution in [3.63, 3.8) is 0 Å². The van der Waals surface area contributed by atoms with Gasteiger partial charge in [0.15, 0.2) is 0 Å². The number of nitrogens with zero attached hydrogens (tertiary/aromatic N) is 2.